The van der Waals surface area contributed by atoms with Crippen LogP contribution in [-0.4, -0.2) is 43.3 Å². The number of aliphatic hydroxyl groups is 1. The van der Waals surface area contributed by atoms with Gasteiger partial charge in [-0.2, -0.15) is 0 Å². The fraction of sp³-hybridized carbons (Fsp3) is 0.556. The number of esters is 1. The molecule has 6 nitrogen and oxygen atoms in total. The van der Waals surface area contributed by atoms with Crippen LogP contribution in [0.15, 0.2) is 24.3 Å². The van der Waals surface area contributed by atoms with Crippen LogP contribution in [0, 0.1) is 5.92 Å². The minimum atomic E-state index is -0.944. The van der Waals surface area contributed by atoms with Gasteiger partial charge in [0.05, 0.1) is 32.2 Å². The molecule has 1 aromatic rings. The van der Waals surface area contributed by atoms with Crippen LogP contribution in [0.4, 0.5) is 0 Å². The third-order valence-electron chi connectivity index (χ3n) is 4.59. The second-order valence-electron chi connectivity index (χ2n) is 6.32. The molecule has 132 valence electrons. The molecule has 6 heteroatoms. The summed E-state index contributed by atoms with van der Waals surface area (Å²) in [6, 6.07) is 7.30. The average Bonchev–Trinajstić information content (AvgIpc) is 2.61. The molecule has 1 aromatic carbocycles. The van der Waals surface area contributed by atoms with Crippen molar-refractivity contribution in [1.82, 2.24) is 5.32 Å². The highest BCUT2D eigenvalue weighted by molar-refractivity contribution is 5.78. The number of carbonyl (C=O) groups is 2. The van der Waals surface area contributed by atoms with Crippen molar-refractivity contribution in [2.45, 2.75) is 37.7 Å². The predicted octanol–water partition coefficient (Wildman–Crippen LogP) is 1.45. The smallest absolute Gasteiger partial charge is 0.308 e. The van der Waals surface area contributed by atoms with Crippen molar-refractivity contribution in [2.75, 3.05) is 20.8 Å². The lowest BCUT2D eigenvalue weighted by Crippen LogP contribution is -2.46. The van der Waals surface area contributed by atoms with E-state index in [4.69, 9.17) is 9.47 Å². The van der Waals surface area contributed by atoms with Gasteiger partial charge >= 0.3 is 5.97 Å². The Bertz CT molecular complexity index is 561. The molecule has 0 aromatic heterocycles. The van der Waals surface area contributed by atoms with E-state index in [1.54, 1.807) is 7.11 Å². The third-order valence-corrected chi connectivity index (χ3v) is 4.59. The van der Waals surface area contributed by atoms with Gasteiger partial charge < -0.3 is 19.9 Å². The SMILES string of the molecule is COC(=O)C1CCC(O)(CNC(=O)Cc2ccc(OC)cc2)CC1. The second kappa shape index (κ2) is 8.15. The Kier molecular flexibility index (Phi) is 6.20. The Morgan fingerprint density at radius 2 is 1.83 bits per heavy atom. The number of rotatable bonds is 6. The molecule has 2 rings (SSSR count). The summed E-state index contributed by atoms with van der Waals surface area (Å²) in [6.45, 7) is 0.204. The van der Waals surface area contributed by atoms with E-state index in [1.807, 2.05) is 24.3 Å². The molecule has 0 unspecified atom stereocenters. The molecule has 0 saturated heterocycles. The van der Waals surface area contributed by atoms with Gasteiger partial charge in [0.2, 0.25) is 5.91 Å². The fourth-order valence-corrected chi connectivity index (χ4v) is 2.99. The van der Waals surface area contributed by atoms with Crippen molar-refractivity contribution in [2.24, 2.45) is 5.92 Å². The molecular formula is C18H25NO5. The van der Waals surface area contributed by atoms with E-state index < -0.39 is 5.60 Å². The highest BCUT2D eigenvalue weighted by Gasteiger charge is 2.36. The Balaban J connectivity index is 1.77. The maximum absolute atomic E-state index is 12.0. The summed E-state index contributed by atoms with van der Waals surface area (Å²) in [5.41, 5.74) is -0.0604. The van der Waals surface area contributed by atoms with Crippen LogP contribution in [0.1, 0.15) is 31.2 Å². The normalized spacial score (nSPS) is 23.4. The summed E-state index contributed by atoms with van der Waals surface area (Å²) in [4.78, 5) is 23.6. The minimum Gasteiger partial charge on any atom is -0.497 e. The number of benzene rings is 1. The lowest BCUT2D eigenvalue weighted by Gasteiger charge is -2.35. The lowest BCUT2D eigenvalue weighted by atomic mass is 9.78. The molecule has 0 aliphatic heterocycles. The zero-order valence-corrected chi connectivity index (χ0v) is 14.2. The van der Waals surface area contributed by atoms with E-state index in [9.17, 15) is 14.7 Å². The highest BCUT2D eigenvalue weighted by atomic mass is 16.5. The number of hydrogen-bond donors (Lipinski definition) is 2. The van der Waals surface area contributed by atoms with Crippen LogP contribution in [-0.2, 0) is 20.7 Å². The van der Waals surface area contributed by atoms with Gasteiger partial charge in [0.25, 0.3) is 0 Å². The Hall–Kier alpha value is -2.08. The summed E-state index contributed by atoms with van der Waals surface area (Å²) in [5.74, 6) is 0.241. The molecule has 1 aliphatic carbocycles. The Morgan fingerprint density at radius 3 is 2.38 bits per heavy atom. The maximum Gasteiger partial charge on any atom is 0.308 e. The van der Waals surface area contributed by atoms with E-state index in [2.05, 4.69) is 5.32 Å². The second-order valence-corrected chi connectivity index (χ2v) is 6.32. The van der Waals surface area contributed by atoms with E-state index >= 15 is 0 Å². The number of hydrogen-bond acceptors (Lipinski definition) is 5. The topological polar surface area (TPSA) is 84.9 Å². The van der Waals surface area contributed by atoms with E-state index in [1.165, 1.54) is 7.11 Å². The van der Waals surface area contributed by atoms with Gasteiger partial charge in [-0.05, 0) is 43.4 Å². The van der Waals surface area contributed by atoms with Gasteiger partial charge in [-0.3, -0.25) is 9.59 Å². The molecule has 24 heavy (non-hydrogen) atoms. The van der Waals surface area contributed by atoms with Crippen molar-refractivity contribution in [3.63, 3.8) is 0 Å². The lowest BCUT2D eigenvalue weighted by molar-refractivity contribution is -0.148. The van der Waals surface area contributed by atoms with Gasteiger partial charge in [0.1, 0.15) is 5.75 Å². The van der Waals surface area contributed by atoms with Crippen molar-refractivity contribution in [3.8, 4) is 5.75 Å². The summed E-state index contributed by atoms with van der Waals surface area (Å²) < 4.78 is 9.82. The van der Waals surface area contributed by atoms with Gasteiger partial charge in [0, 0.05) is 6.54 Å². The number of methoxy groups -OCH3 is 2. The zero-order chi connectivity index (χ0) is 17.6. The van der Waals surface area contributed by atoms with E-state index in [-0.39, 0.29) is 30.8 Å². The van der Waals surface area contributed by atoms with Crippen LogP contribution in [0.25, 0.3) is 0 Å². The first kappa shape index (κ1) is 18.3. The first-order valence-electron chi connectivity index (χ1n) is 8.15. The standard InChI is InChI=1S/C18H25NO5/c1-23-15-5-3-13(4-6-15)11-16(20)19-12-18(22)9-7-14(8-10-18)17(21)24-2/h3-6,14,22H,7-12H2,1-2H3,(H,19,20). The zero-order valence-electron chi connectivity index (χ0n) is 14.2. The first-order chi connectivity index (χ1) is 11.5. The van der Waals surface area contributed by atoms with Gasteiger partial charge in [0.15, 0.2) is 0 Å². The molecule has 0 atom stereocenters. The summed E-state index contributed by atoms with van der Waals surface area (Å²) in [5, 5.41) is 13.3. The summed E-state index contributed by atoms with van der Waals surface area (Å²) in [7, 11) is 2.97. The van der Waals surface area contributed by atoms with Crippen molar-refractivity contribution in [1.29, 1.82) is 0 Å². The van der Waals surface area contributed by atoms with Crippen LogP contribution in [0.2, 0.25) is 0 Å². The van der Waals surface area contributed by atoms with Crippen molar-refractivity contribution in [3.05, 3.63) is 29.8 Å². The molecule has 1 aliphatic rings. The van der Waals surface area contributed by atoms with Crippen LogP contribution in [0.5, 0.6) is 5.75 Å². The van der Waals surface area contributed by atoms with E-state index in [0.29, 0.717) is 25.7 Å². The molecule has 0 spiro atoms. The fourth-order valence-electron chi connectivity index (χ4n) is 2.99. The number of amides is 1. The molecule has 0 bridgehead atoms. The predicted molar refractivity (Wildman–Crippen MR) is 88.6 cm³/mol. The van der Waals surface area contributed by atoms with E-state index in [0.717, 1.165) is 11.3 Å². The maximum atomic E-state index is 12.0. The largest absolute Gasteiger partial charge is 0.497 e. The summed E-state index contributed by atoms with van der Waals surface area (Å²) in [6.07, 6.45) is 2.38. The Labute approximate surface area is 142 Å². The molecule has 1 saturated carbocycles. The van der Waals surface area contributed by atoms with Crippen molar-refractivity contribution >= 4 is 11.9 Å². The van der Waals surface area contributed by atoms with Gasteiger partial charge in [-0.15, -0.1) is 0 Å². The van der Waals surface area contributed by atoms with Gasteiger partial charge in [-0.1, -0.05) is 12.1 Å². The number of ether oxygens (including phenoxy) is 2. The van der Waals surface area contributed by atoms with Crippen LogP contribution >= 0.6 is 0 Å². The molecule has 0 heterocycles. The van der Waals surface area contributed by atoms with Gasteiger partial charge in [-0.25, -0.2) is 0 Å². The molecule has 0 radical (unpaired) electrons. The summed E-state index contributed by atoms with van der Waals surface area (Å²) >= 11 is 0. The average molecular weight is 335 g/mol. The Morgan fingerprint density at radius 1 is 1.21 bits per heavy atom. The molecule has 2 N–H and O–H groups in total. The number of nitrogens with one attached hydrogen (secondary N) is 1. The third kappa shape index (κ3) is 4.96. The highest BCUT2D eigenvalue weighted by Crippen LogP contribution is 2.32. The number of carbonyl (C=O) groups excluding carboxylic acids is 2. The molecular weight excluding hydrogens is 310 g/mol. The quantitative estimate of drug-likeness (QED) is 0.769. The minimum absolute atomic E-state index is 0.135. The monoisotopic (exact) mass is 335 g/mol. The van der Waals surface area contributed by atoms with Crippen LogP contribution in [0.3, 0.4) is 0 Å². The van der Waals surface area contributed by atoms with Crippen LogP contribution < -0.4 is 10.1 Å². The van der Waals surface area contributed by atoms with Crippen molar-refractivity contribution < 1.29 is 24.2 Å². The molecule has 1 fully saturated rings. The molecule has 1 amide bonds. The first-order valence-corrected chi connectivity index (χ1v) is 8.15.